The lowest BCUT2D eigenvalue weighted by Crippen LogP contribution is -2.14. The van der Waals surface area contributed by atoms with Crippen molar-refractivity contribution in [2.45, 2.75) is 0 Å². The van der Waals surface area contributed by atoms with Gasteiger partial charge in [-0.25, -0.2) is 0 Å². The monoisotopic (exact) mass is 219 g/mol. The Bertz CT molecular complexity index is 467. The lowest BCUT2D eigenvalue weighted by molar-refractivity contribution is 0.174. The molecule has 3 rings (SSSR count). The van der Waals surface area contributed by atoms with Crippen LogP contribution in [0, 0.1) is 0 Å². The highest BCUT2D eigenvalue weighted by Crippen LogP contribution is 2.44. The van der Waals surface area contributed by atoms with Gasteiger partial charge >= 0.3 is 0 Å². The first-order valence-electron chi connectivity index (χ1n) is 4.73. The van der Waals surface area contributed by atoms with Crippen molar-refractivity contribution in [3.05, 3.63) is 29.8 Å². The molecular formula is C11H9NO2S. The molecule has 0 N–H and O–H groups in total. The second-order valence-corrected chi connectivity index (χ2v) is 4.05. The number of fused-ring (bicyclic) bond motifs is 1. The third-order valence-corrected chi connectivity index (χ3v) is 3.16. The quantitative estimate of drug-likeness (QED) is 0.738. The fraction of sp³-hybridized carbons (Fsp3) is 0.182. The topological polar surface area (TPSA) is 31.4 Å². The molecule has 0 fully saturated rings. The van der Waals surface area contributed by atoms with Crippen LogP contribution in [0.15, 0.2) is 29.8 Å². The summed E-state index contributed by atoms with van der Waals surface area (Å²) in [5.41, 5.74) is 0.939. The van der Waals surface area contributed by atoms with Crippen molar-refractivity contribution in [3.8, 4) is 22.1 Å². The number of ether oxygens (including phenoxy) is 2. The van der Waals surface area contributed by atoms with E-state index in [0.29, 0.717) is 13.2 Å². The molecule has 0 aromatic carbocycles. The van der Waals surface area contributed by atoms with Gasteiger partial charge in [-0.2, -0.15) is 0 Å². The maximum Gasteiger partial charge on any atom is 0.181 e. The Morgan fingerprint density at radius 3 is 3.00 bits per heavy atom. The fourth-order valence-electron chi connectivity index (χ4n) is 1.54. The van der Waals surface area contributed by atoms with Crippen LogP contribution in [-0.2, 0) is 0 Å². The Labute approximate surface area is 91.3 Å². The molecule has 0 atom stereocenters. The van der Waals surface area contributed by atoms with Crippen molar-refractivity contribution in [3.63, 3.8) is 0 Å². The van der Waals surface area contributed by atoms with Crippen LogP contribution in [0.2, 0.25) is 0 Å². The van der Waals surface area contributed by atoms with Gasteiger partial charge in [-0.3, -0.25) is 4.98 Å². The van der Waals surface area contributed by atoms with Gasteiger partial charge in [-0.15, -0.1) is 11.3 Å². The van der Waals surface area contributed by atoms with Crippen LogP contribution in [0.4, 0.5) is 0 Å². The molecule has 0 amide bonds. The summed E-state index contributed by atoms with van der Waals surface area (Å²) in [6.07, 6.45) is 1.78. The first-order chi connectivity index (χ1) is 7.45. The first kappa shape index (κ1) is 8.73. The second kappa shape index (κ2) is 3.55. The van der Waals surface area contributed by atoms with Gasteiger partial charge in [-0.05, 0) is 12.1 Å². The predicted molar refractivity (Wildman–Crippen MR) is 58.5 cm³/mol. The fourth-order valence-corrected chi connectivity index (χ4v) is 2.44. The third kappa shape index (κ3) is 1.47. The van der Waals surface area contributed by atoms with Crippen molar-refractivity contribution in [1.82, 2.24) is 4.98 Å². The SMILES string of the molecule is c1ccc(-c2scc3c2OCCO3)nc1. The number of nitrogens with zero attached hydrogens (tertiary/aromatic N) is 1. The van der Waals surface area contributed by atoms with Crippen molar-refractivity contribution in [2.75, 3.05) is 13.2 Å². The summed E-state index contributed by atoms with van der Waals surface area (Å²) in [4.78, 5) is 5.35. The number of hydrogen-bond donors (Lipinski definition) is 0. The highest BCUT2D eigenvalue weighted by molar-refractivity contribution is 7.14. The number of pyridine rings is 1. The van der Waals surface area contributed by atoms with E-state index in [-0.39, 0.29) is 0 Å². The van der Waals surface area contributed by atoms with E-state index in [1.807, 2.05) is 23.6 Å². The van der Waals surface area contributed by atoms with Crippen LogP contribution in [0.25, 0.3) is 10.6 Å². The summed E-state index contributed by atoms with van der Waals surface area (Å²) in [7, 11) is 0. The number of rotatable bonds is 1. The predicted octanol–water partition coefficient (Wildman–Crippen LogP) is 2.58. The van der Waals surface area contributed by atoms with E-state index in [2.05, 4.69) is 4.98 Å². The Balaban J connectivity index is 2.09. The summed E-state index contributed by atoms with van der Waals surface area (Å²) in [5.74, 6) is 1.68. The molecule has 4 heteroatoms. The van der Waals surface area contributed by atoms with E-state index in [9.17, 15) is 0 Å². The second-order valence-electron chi connectivity index (χ2n) is 3.17. The summed E-state index contributed by atoms with van der Waals surface area (Å²) in [6, 6.07) is 5.85. The Kier molecular flexibility index (Phi) is 2.07. The van der Waals surface area contributed by atoms with Crippen molar-refractivity contribution >= 4 is 11.3 Å². The normalized spacial score (nSPS) is 13.9. The molecule has 0 bridgehead atoms. The van der Waals surface area contributed by atoms with Gasteiger partial charge in [0.25, 0.3) is 0 Å². The van der Waals surface area contributed by atoms with Gasteiger partial charge in [0.2, 0.25) is 0 Å². The smallest absolute Gasteiger partial charge is 0.181 e. The van der Waals surface area contributed by atoms with E-state index < -0.39 is 0 Å². The lowest BCUT2D eigenvalue weighted by Gasteiger charge is -2.15. The summed E-state index contributed by atoms with van der Waals surface area (Å²) < 4.78 is 11.1. The van der Waals surface area contributed by atoms with Crippen molar-refractivity contribution < 1.29 is 9.47 Å². The van der Waals surface area contributed by atoms with Crippen LogP contribution in [0.1, 0.15) is 0 Å². The molecule has 0 spiro atoms. The molecule has 76 valence electrons. The molecular weight excluding hydrogens is 210 g/mol. The van der Waals surface area contributed by atoms with Gasteiger partial charge in [0.05, 0.1) is 10.6 Å². The maximum atomic E-state index is 5.59. The molecule has 0 saturated heterocycles. The maximum absolute atomic E-state index is 5.59. The van der Waals surface area contributed by atoms with E-state index in [0.717, 1.165) is 22.1 Å². The van der Waals surface area contributed by atoms with Gasteiger partial charge < -0.3 is 9.47 Å². The van der Waals surface area contributed by atoms with Crippen LogP contribution < -0.4 is 9.47 Å². The standard InChI is InChI=1S/C11H9NO2S/c1-2-4-12-8(3-1)11-10-9(7-15-11)13-5-6-14-10/h1-4,7H,5-6H2. The summed E-state index contributed by atoms with van der Waals surface area (Å²) >= 11 is 1.61. The van der Waals surface area contributed by atoms with Gasteiger partial charge in [0, 0.05) is 11.6 Å². The molecule has 0 saturated carbocycles. The van der Waals surface area contributed by atoms with Gasteiger partial charge in [-0.1, -0.05) is 6.07 Å². The highest BCUT2D eigenvalue weighted by Gasteiger charge is 2.19. The minimum Gasteiger partial charge on any atom is -0.485 e. The molecule has 2 aromatic heterocycles. The van der Waals surface area contributed by atoms with E-state index >= 15 is 0 Å². The van der Waals surface area contributed by atoms with Gasteiger partial charge in [0.1, 0.15) is 13.2 Å². The molecule has 15 heavy (non-hydrogen) atoms. The molecule has 2 aromatic rings. The molecule has 3 heterocycles. The molecule has 0 aliphatic carbocycles. The van der Waals surface area contributed by atoms with Gasteiger partial charge in [0.15, 0.2) is 11.5 Å². The first-order valence-corrected chi connectivity index (χ1v) is 5.61. The number of hydrogen-bond acceptors (Lipinski definition) is 4. The Morgan fingerprint density at radius 2 is 2.13 bits per heavy atom. The highest BCUT2D eigenvalue weighted by atomic mass is 32.1. The Hall–Kier alpha value is -1.55. The van der Waals surface area contributed by atoms with Crippen LogP contribution in [-0.4, -0.2) is 18.2 Å². The molecule has 1 aliphatic rings. The van der Waals surface area contributed by atoms with E-state index in [1.165, 1.54) is 0 Å². The average molecular weight is 219 g/mol. The minimum atomic E-state index is 0.615. The zero-order valence-corrected chi connectivity index (χ0v) is 8.79. The minimum absolute atomic E-state index is 0.615. The molecule has 1 aliphatic heterocycles. The zero-order valence-electron chi connectivity index (χ0n) is 7.97. The van der Waals surface area contributed by atoms with Crippen LogP contribution >= 0.6 is 11.3 Å². The largest absolute Gasteiger partial charge is 0.485 e. The third-order valence-electron chi connectivity index (χ3n) is 2.20. The molecule has 3 nitrogen and oxygen atoms in total. The van der Waals surface area contributed by atoms with Crippen LogP contribution in [0.5, 0.6) is 11.5 Å². The van der Waals surface area contributed by atoms with E-state index in [1.54, 1.807) is 17.5 Å². The Morgan fingerprint density at radius 1 is 1.20 bits per heavy atom. The average Bonchev–Trinajstić information content (AvgIpc) is 2.74. The number of thiophene rings is 1. The van der Waals surface area contributed by atoms with E-state index in [4.69, 9.17) is 9.47 Å². The molecule has 0 unspecified atom stereocenters. The van der Waals surface area contributed by atoms with Crippen molar-refractivity contribution in [1.29, 1.82) is 0 Å². The van der Waals surface area contributed by atoms with Crippen molar-refractivity contribution in [2.24, 2.45) is 0 Å². The number of aromatic nitrogens is 1. The molecule has 0 radical (unpaired) electrons. The lowest BCUT2D eigenvalue weighted by atomic mass is 10.3. The van der Waals surface area contributed by atoms with Crippen LogP contribution in [0.3, 0.4) is 0 Å². The summed E-state index contributed by atoms with van der Waals surface area (Å²) in [6.45, 7) is 1.24. The summed E-state index contributed by atoms with van der Waals surface area (Å²) in [5, 5.41) is 1.97. The zero-order chi connectivity index (χ0) is 10.1.